The molecule has 144 valence electrons. The van der Waals surface area contributed by atoms with Crippen LogP contribution in [0.25, 0.3) is 0 Å². The topological polar surface area (TPSA) is 108 Å². The summed E-state index contributed by atoms with van der Waals surface area (Å²) in [5.74, 6) is 0.556. The Labute approximate surface area is 157 Å². The summed E-state index contributed by atoms with van der Waals surface area (Å²) < 4.78 is 0. The number of nitrogens with zero attached hydrogens (tertiary/aromatic N) is 5. The van der Waals surface area contributed by atoms with Crippen LogP contribution in [-0.2, 0) is 0 Å². The van der Waals surface area contributed by atoms with Crippen LogP contribution in [-0.4, -0.2) is 64.2 Å². The monoisotopic (exact) mass is 372 g/mol. The molecule has 0 radical (unpaired) electrons. The Morgan fingerprint density at radius 3 is 2.56 bits per heavy atom. The SMILES string of the molecule is CC(Nc1ncnc(N2CCN(CCO)CC2)c1[N+](=O)[O-])c1ccccc1. The molecule has 2 N–H and O–H groups in total. The summed E-state index contributed by atoms with van der Waals surface area (Å²) in [5, 5.41) is 24.0. The van der Waals surface area contributed by atoms with E-state index in [9.17, 15) is 10.1 Å². The highest BCUT2D eigenvalue weighted by Crippen LogP contribution is 2.34. The Balaban J connectivity index is 1.82. The predicted molar refractivity (Wildman–Crippen MR) is 103 cm³/mol. The Hall–Kier alpha value is -2.78. The Kier molecular flexibility index (Phi) is 6.15. The first-order valence-corrected chi connectivity index (χ1v) is 8.99. The third kappa shape index (κ3) is 4.50. The molecule has 1 aliphatic rings. The summed E-state index contributed by atoms with van der Waals surface area (Å²) in [6, 6.07) is 9.59. The van der Waals surface area contributed by atoms with Gasteiger partial charge in [-0.25, -0.2) is 9.97 Å². The van der Waals surface area contributed by atoms with E-state index in [4.69, 9.17) is 5.11 Å². The van der Waals surface area contributed by atoms with Crippen LogP contribution in [0.2, 0.25) is 0 Å². The van der Waals surface area contributed by atoms with E-state index in [1.165, 1.54) is 6.33 Å². The number of nitro groups is 1. The van der Waals surface area contributed by atoms with Gasteiger partial charge in [0.15, 0.2) is 0 Å². The number of benzene rings is 1. The van der Waals surface area contributed by atoms with Crippen molar-refractivity contribution in [2.75, 3.05) is 49.5 Å². The molecule has 1 aliphatic heterocycles. The molecule has 0 saturated carbocycles. The number of aliphatic hydroxyl groups excluding tert-OH is 1. The molecule has 1 saturated heterocycles. The zero-order valence-electron chi connectivity index (χ0n) is 15.3. The molecule has 1 aromatic heterocycles. The average Bonchev–Trinajstić information content (AvgIpc) is 2.69. The number of hydrogen-bond donors (Lipinski definition) is 2. The molecular weight excluding hydrogens is 348 g/mol. The molecule has 1 unspecified atom stereocenters. The second-order valence-electron chi connectivity index (χ2n) is 6.48. The van der Waals surface area contributed by atoms with Gasteiger partial charge in [0.1, 0.15) is 6.33 Å². The molecule has 0 bridgehead atoms. The average molecular weight is 372 g/mol. The van der Waals surface area contributed by atoms with E-state index in [1.807, 2.05) is 42.2 Å². The van der Waals surface area contributed by atoms with E-state index in [2.05, 4.69) is 20.2 Å². The molecule has 9 heteroatoms. The van der Waals surface area contributed by atoms with Crippen LogP contribution in [0.3, 0.4) is 0 Å². The molecule has 2 heterocycles. The third-order valence-electron chi connectivity index (χ3n) is 4.73. The summed E-state index contributed by atoms with van der Waals surface area (Å²) in [5.41, 5.74) is 0.917. The second-order valence-corrected chi connectivity index (χ2v) is 6.48. The van der Waals surface area contributed by atoms with Crippen molar-refractivity contribution in [1.82, 2.24) is 14.9 Å². The number of aromatic nitrogens is 2. The summed E-state index contributed by atoms with van der Waals surface area (Å²) in [6.07, 6.45) is 1.36. The number of β-amino-alcohol motifs (C(OH)–C–C–N with tert-alkyl or cyclic N) is 1. The van der Waals surface area contributed by atoms with Gasteiger partial charge in [-0.15, -0.1) is 0 Å². The van der Waals surface area contributed by atoms with Crippen molar-refractivity contribution < 1.29 is 10.0 Å². The van der Waals surface area contributed by atoms with E-state index in [0.29, 0.717) is 25.5 Å². The zero-order chi connectivity index (χ0) is 19.2. The Bertz CT molecular complexity index is 765. The highest BCUT2D eigenvalue weighted by molar-refractivity contribution is 5.70. The molecule has 1 aromatic carbocycles. The van der Waals surface area contributed by atoms with Crippen LogP contribution in [0.4, 0.5) is 17.3 Å². The van der Waals surface area contributed by atoms with Gasteiger partial charge in [0.2, 0.25) is 11.6 Å². The van der Waals surface area contributed by atoms with Crippen LogP contribution in [0, 0.1) is 10.1 Å². The lowest BCUT2D eigenvalue weighted by Crippen LogP contribution is -2.47. The van der Waals surface area contributed by atoms with Crippen LogP contribution in [0.1, 0.15) is 18.5 Å². The molecule has 0 amide bonds. The van der Waals surface area contributed by atoms with Gasteiger partial charge in [0.25, 0.3) is 0 Å². The van der Waals surface area contributed by atoms with Crippen LogP contribution >= 0.6 is 0 Å². The molecule has 27 heavy (non-hydrogen) atoms. The maximum absolute atomic E-state index is 11.8. The van der Waals surface area contributed by atoms with Crippen molar-refractivity contribution in [3.8, 4) is 0 Å². The quantitative estimate of drug-likeness (QED) is 0.558. The number of nitrogens with one attached hydrogen (secondary N) is 1. The predicted octanol–water partition coefficient (Wildman–Crippen LogP) is 1.67. The van der Waals surface area contributed by atoms with Gasteiger partial charge in [0.05, 0.1) is 17.6 Å². The first-order valence-electron chi connectivity index (χ1n) is 8.99. The highest BCUT2D eigenvalue weighted by atomic mass is 16.6. The summed E-state index contributed by atoms with van der Waals surface area (Å²) in [6.45, 7) is 5.35. The minimum absolute atomic E-state index is 0.101. The van der Waals surface area contributed by atoms with Gasteiger partial charge in [-0.3, -0.25) is 15.0 Å². The minimum Gasteiger partial charge on any atom is -0.395 e. The van der Waals surface area contributed by atoms with Crippen molar-refractivity contribution in [2.24, 2.45) is 0 Å². The lowest BCUT2D eigenvalue weighted by molar-refractivity contribution is -0.383. The fourth-order valence-electron chi connectivity index (χ4n) is 3.23. The molecule has 3 rings (SSSR count). The molecule has 2 aromatic rings. The fraction of sp³-hybridized carbons (Fsp3) is 0.444. The normalized spacial score (nSPS) is 16.1. The highest BCUT2D eigenvalue weighted by Gasteiger charge is 2.29. The van der Waals surface area contributed by atoms with Gasteiger partial charge < -0.3 is 15.3 Å². The van der Waals surface area contributed by atoms with Crippen molar-refractivity contribution in [3.05, 3.63) is 52.3 Å². The Morgan fingerprint density at radius 2 is 1.93 bits per heavy atom. The summed E-state index contributed by atoms with van der Waals surface area (Å²) in [7, 11) is 0. The van der Waals surface area contributed by atoms with Crippen LogP contribution in [0.5, 0.6) is 0 Å². The van der Waals surface area contributed by atoms with Gasteiger partial charge >= 0.3 is 5.69 Å². The molecule has 1 fully saturated rings. The number of piperazine rings is 1. The van der Waals surface area contributed by atoms with Gasteiger partial charge in [-0.05, 0) is 12.5 Å². The van der Waals surface area contributed by atoms with E-state index in [0.717, 1.165) is 18.7 Å². The maximum Gasteiger partial charge on any atom is 0.353 e. The molecule has 1 atom stereocenters. The number of rotatable bonds is 7. The van der Waals surface area contributed by atoms with Gasteiger partial charge in [-0.1, -0.05) is 30.3 Å². The number of anilines is 2. The lowest BCUT2D eigenvalue weighted by Gasteiger charge is -2.34. The van der Waals surface area contributed by atoms with Gasteiger partial charge in [0, 0.05) is 32.7 Å². The van der Waals surface area contributed by atoms with Crippen molar-refractivity contribution in [3.63, 3.8) is 0 Å². The lowest BCUT2D eigenvalue weighted by atomic mass is 10.1. The van der Waals surface area contributed by atoms with Crippen molar-refractivity contribution in [2.45, 2.75) is 13.0 Å². The smallest absolute Gasteiger partial charge is 0.353 e. The van der Waals surface area contributed by atoms with Crippen molar-refractivity contribution in [1.29, 1.82) is 0 Å². The fourth-order valence-corrected chi connectivity index (χ4v) is 3.23. The van der Waals surface area contributed by atoms with E-state index in [-0.39, 0.29) is 24.2 Å². The van der Waals surface area contributed by atoms with Crippen molar-refractivity contribution >= 4 is 17.3 Å². The zero-order valence-corrected chi connectivity index (χ0v) is 15.3. The first-order chi connectivity index (χ1) is 13.1. The minimum atomic E-state index is -0.421. The third-order valence-corrected chi connectivity index (χ3v) is 4.73. The largest absolute Gasteiger partial charge is 0.395 e. The standard InChI is InChI=1S/C18H24N6O3/c1-14(15-5-3-2-4-6-15)21-17-16(24(26)27)18(20-13-19-17)23-9-7-22(8-10-23)11-12-25/h2-6,13-14,25H,7-12H2,1H3,(H,19,20,21). The van der Waals surface area contributed by atoms with Crippen LogP contribution in [0.15, 0.2) is 36.7 Å². The van der Waals surface area contributed by atoms with E-state index in [1.54, 1.807) is 0 Å². The maximum atomic E-state index is 11.8. The van der Waals surface area contributed by atoms with E-state index < -0.39 is 4.92 Å². The molecular formula is C18H24N6O3. The van der Waals surface area contributed by atoms with Gasteiger partial charge in [-0.2, -0.15) is 0 Å². The first kappa shape index (κ1) is 19.0. The number of aliphatic hydroxyl groups is 1. The summed E-state index contributed by atoms with van der Waals surface area (Å²) in [4.78, 5) is 23.7. The molecule has 9 nitrogen and oxygen atoms in total. The van der Waals surface area contributed by atoms with Crippen LogP contribution < -0.4 is 10.2 Å². The Morgan fingerprint density at radius 1 is 1.22 bits per heavy atom. The summed E-state index contributed by atoms with van der Waals surface area (Å²) >= 11 is 0. The van der Waals surface area contributed by atoms with E-state index >= 15 is 0 Å². The molecule has 0 spiro atoms. The second kappa shape index (κ2) is 8.74. The molecule has 0 aliphatic carbocycles. The number of hydrogen-bond acceptors (Lipinski definition) is 8.